The van der Waals surface area contributed by atoms with Gasteiger partial charge in [-0.3, -0.25) is 4.18 Å². The summed E-state index contributed by atoms with van der Waals surface area (Å²) in [5, 5.41) is 0. The molecular weight excluding hydrogens is 341 g/mol. The number of epoxide rings is 1. The number of hydrogen-bond donors (Lipinski definition) is 0. The minimum absolute atomic E-state index is 0.241. The standard InChI is InChI=1S/C13H13F3O6S/c14-13(15,16)23(17,18)22-9-7-20-12(11-10(9)21-11)19-6-8-4-2-1-3-5-8/h1-5,9-12H,6-7H2/t9-,10-,11-,12+/m1/s1. The summed E-state index contributed by atoms with van der Waals surface area (Å²) < 4.78 is 78.9. The van der Waals surface area contributed by atoms with E-state index in [0.29, 0.717) is 0 Å². The van der Waals surface area contributed by atoms with Gasteiger partial charge in [-0.2, -0.15) is 21.6 Å². The summed E-state index contributed by atoms with van der Waals surface area (Å²) in [5.41, 5.74) is -4.58. The van der Waals surface area contributed by atoms with Crippen molar-refractivity contribution in [1.29, 1.82) is 0 Å². The van der Waals surface area contributed by atoms with Gasteiger partial charge >= 0.3 is 15.6 Å². The molecule has 0 radical (unpaired) electrons. The second-order valence-corrected chi connectivity index (χ2v) is 6.66. The molecule has 0 bridgehead atoms. The van der Waals surface area contributed by atoms with Gasteiger partial charge in [0, 0.05) is 0 Å². The van der Waals surface area contributed by atoms with Crippen LogP contribution in [0.4, 0.5) is 13.2 Å². The SMILES string of the molecule is O=S(=O)(O[C@@H]1CO[C@H](OCc2ccccc2)[C@@H]2O[C@@H]21)C(F)(F)F. The summed E-state index contributed by atoms with van der Waals surface area (Å²) in [6.07, 6.45) is -3.53. The molecule has 0 amide bonds. The molecular formula is C13H13F3O6S. The van der Waals surface area contributed by atoms with Crippen molar-refractivity contribution in [3.05, 3.63) is 35.9 Å². The molecule has 0 saturated carbocycles. The minimum atomic E-state index is -5.68. The van der Waals surface area contributed by atoms with E-state index in [1.807, 2.05) is 30.3 Å². The van der Waals surface area contributed by atoms with Crippen LogP contribution in [0, 0.1) is 0 Å². The fourth-order valence-corrected chi connectivity index (χ4v) is 2.83. The van der Waals surface area contributed by atoms with Gasteiger partial charge in [0.05, 0.1) is 13.2 Å². The van der Waals surface area contributed by atoms with Crippen molar-refractivity contribution in [2.24, 2.45) is 0 Å². The lowest BCUT2D eigenvalue weighted by Gasteiger charge is -2.25. The van der Waals surface area contributed by atoms with Gasteiger partial charge in [0.1, 0.15) is 18.3 Å². The molecule has 2 heterocycles. The highest BCUT2D eigenvalue weighted by atomic mass is 32.2. The number of benzene rings is 1. The summed E-state index contributed by atoms with van der Waals surface area (Å²) in [7, 11) is -5.68. The lowest BCUT2D eigenvalue weighted by atomic mass is 10.1. The highest BCUT2D eigenvalue weighted by Crippen LogP contribution is 2.39. The Bertz CT molecular complexity index is 647. The molecule has 2 aliphatic rings. The van der Waals surface area contributed by atoms with Gasteiger partial charge in [-0.05, 0) is 5.56 Å². The molecule has 2 fully saturated rings. The van der Waals surface area contributed by atoms with E-state index in [1.54, 1.807) is 0 Å². The van der Waals surface area contributed by atoms with Crippen LogP contribution in [0.1, 0.15) is 5.56 Å². The van der Waals surface area contributed by atoms with Gasteiger partial charge in [-0.1, -0.05) is 30.3 Å². The quantitative estimate of drug-likeness (QED) is 0.454. The van der Waals surface area contributed by atoms with Crippen molar-refractivity contribution < 1.29 is 40.0 Å². The van der Waals surface area contributed by atoms with E-state index in [9.17, 15) is 21.6 Å². The second-order valence-electron chi connectivity index (χ2n) is 5.10. The number of halogens is 3. The molecule has 1 aromatic carbocycles. The summed E-state index contributed by atoms with van der Waals surface area (Å²) in [4.78, 5) is 0. The van der Waals surface area contributed by atoms with Gasteiger partial charge in [-0.25, -0.2) is 0 Å². The average Bonchev–Trinajstić information content (AvgIpc) is 3.27. The Morgan fingerprint density at radius 2 is 1.87 bits per heavy atom. The van der Waals surface area contributed by atoms with Gasteiger partial charge in [0.15, 0.2) is 6.29 Å². The maximum Gasteiger partial charge on any atom is 0.523 e. The molecule has 10 heteroatoms. The van der Waals surface area contributed by atoms with E-state index in [4.69, 9.17) is 14.2 Å². The van der Waals surface area contributed by atoms with Crippen molar-refractivity contribution in [2.75, 3.05) is 6.61 Å². The molecule has 3 rings (SSSR count). The summed E-state index contributed by atoms with van der Waals surface area (Å²) in [6.45, 7) is -0.125. The molecule has 128 valence electrons. The Balaban J connectivity index is 1.53. The first-order chi connectivity index (χ1) is 10.8. The zero-order valence-corrected chi connectivity index (χ0v) is 12.4. The Kier molecular flexibility index (Phi) is 4.36. The van der Waals surface area contributed by atoms with Crippen LogP contribution >= 0.6 is 0 Å². The smallest absolute Gasteiger partial charge is 0.361 e. The summed E-state index contributed by atoms with van der Waals surface area (Å²) in [6, 6.07) is 9.21. The maximum atomic E-state index is 12.3. The first-order valence-electron chi connectivity index (χ1n) is 6.70. The lowest BCUT2D eigenvalue weighted by molar-refractivity contribution is -0.180. The van der Waals surface area contributed by atoms with Crippen molar-refractivity contribution in [3.8, 4) is 0 Å². The topological polar surface area (TPSA) is 74.4 Å². The highest BCUT2D eigenvalue weighted by molar-refractivity contribution is 7.87. The second kappa shape index (κ2) is 6.02. The van der Waals surface area contributed by atoms with Gasteiger partial charge in [-0.15, -0.1) is 0 Å². The van der Waals surface area contributed by atoms with Gasteiger partial charge in [0.2, 0.25) is 0 Å². The van der Waals surface area contributed by atoms with Crippen LogP contribution < -0.4 is 0 Å². The highest BCUT2D eigenvalue weighted by Gasteiger charge is 2.59. The zero-order valence-electron chi connectivity index (χ0n) is 11.6. The predicted octanol–water partition coefficient (Wildman–Crippen LogP) is 1.56. The monoisotopic (exact) mass is 354 g/mol. The molecule has 0 unspecified atom stereocenters. The van der Waals surface area contributed by atoms with E-state index in [0.717, 1.165) is 5.56 Å². The van der Waals surface area contributed by atoms with Crippen LogP contribution in [0.2, 0.25) is 0 Å². The fourth-order valence-electron chi connectivity index (χ4n) is 2.23. The predicted molar refractivity (Wildman–Crippen MR) is 69.5 cm³/mol. The third-order valence-corrected chi connectivity index (χ3v) is 4.48. The Morgan fingerprint density at radius 1 is 1.17 bits per heavy atom. The van der Waals surface area contributed by atoms with Crippen molar-refractivity contribution in [2.45, 2.75) is 36.7 Å². The van der Waals surface area contributed by atoms with E-state index in [2.05, 4.69) is 4.18 Å². The van der Waals surface area contributed by atoms with Crippen LogP contribution in [0.25, 0.3) is 0 Å². The third-order valence-electron chi connectivity index (χ3n) is 3.41. The third kappa shape index (κ3) is 3.66. The molecule has 0 spiro atoms. The number of hydrogen-bond acceptors (Lipinski definition) is 6. The molecule has 2 aliphatic heterocycles. The Hall–Kier alpha value is -1.20. The van der Waals surface area contributed by atoms with Crippen molar-refractivity contribution in [1.82, 2.24) is 0 Å². The van der Waals surface area contributed by atoms with Crippen LogP contribution in [0.15, 0.2) is 30.3 Å². The van der Waals surface area contributed by atoms with E-state index in [1.165, 1.54) is 0 Å². The first-order valence-corrected chi connectivity index (χ1v) is 8.11. The van der Waals surface area contributed by atoms with Crippen LogP contribution in [-0.2, 0) is 35.1 Å². The number of alkyl halides is 3. The molecule has 0 N–H and O–H groups in total. The molecule has 2 saturated heterocycles. The number of fused-ring (bicyclic) bond motifs is 1. The van der Waals surface area contributed by atoms with E-state index in [-0.39, 0.29) is 13.2 Å². The Labute approximate surface area is 130 Å². The van der Waals surface area contributed by atoms with Crippen molar-refractivity contribution >= 4 is 10.1 Å². The molecule has 0 aromatic heterocycles. The first kappa shape index (κ1) is 16.7. The van der Waals surface area contributed by atoms with E-state index >= 15 is 0 Å². The largest absolute Gasteiger partial charge is 0.523 e. The molecule has 0 aliphatic carbocycles. The van der Waals surface area contributed by atoms with Crippen LogP contribution in [-0.4, -0.2) is 45.1 Å². The van der Waals surface area contributed by atoms with Gasteiger partial charge in [0.25, 0.3) is 0 Å². The maximum absolute atomic E-state index is 12.3. The van der Waals surface area contributed by atoms with Crippen molar-refractivity contribution in [3.63, 3.8) is 0 Å². The molecule has 23 heavy (non-hydrogen) atoms. The van der Waals surface area contributed by atoms with Crippen LogP contribution in [0.3, 0.4) is 0 Å². The minimum Gasteiger partial charge on any atom is -0.361 e. The van der Waals surface area contributed by atoms with E-state index < -0.39 is 40.2 Å². The molecule has 4 atom stereocenters. The lowest BCUT2D eigenvalue weighted by Crippen LogP contribution is -2.43. The Morgan fingerprint density at radius 3 is 2.52 bits per heavy atom. The number of ether oxygens (including phenoxy) is 3. The average molecular weight is 354 g/mol. The fraction of sp³-hybridized carbons (Fsp3) is 0.538. The zero-order chi connectivity index (χ0) is 16.7. The summed E-state index contributed by atoms with van der Waals surface area (Å²) in [5.74, 6) is 0. The van der Waals surface area contributed by atoms with Gasteiger partial charge < -0.3 is 14.2 Å². The van der Waals surface area contributed by atoms with Crippen LogP contribution in [0.5, 0.6) is 0 Å². The summed E-state index contributed by atoms with van der Waals surface area (Å²) >= 11 is 0. The number of rotatable bonds is 5. The molecule has 1 aromatic rings. The normalized spacial score (nSPS) is 30.7. The molecule has 6 nitrogen and oxygen atoms in total.